The van der Waals surface area contributed by atoms with Crippen LogP contribution in [0.2, 0.25) is 0 Å². The second-order valence-corrected chi connectivity index (χ2v) is 6.52. The van der Waals surface area contributed by atoms with Gasteiger partial charge in [0.05, 0.1) is 0 Å². The van der Waals surface area contributed by atoms with Gasteiger partial charge in [-0.2, -0.15) is 0 Å². The number of benzene rings is 1. The monoisotopic (exact) mass is 301 g/mol. The molecule has 0 atom stereocenters. The van der Waals surface area contributed by atoms with Gasteiger partial charge >= 0.3 is 0 Å². The second kappa shape index (κ2) is 7.46. The highest BCUT2D eigenvalue weighted by Crippen LogP contribution is 2.28. The maximum Gasteiger partial charge on any atom is 0.223 e. The minimum absolute atomic E-state index is 0.565. The summed E-state index contributed by atoms with van der Waals surface area (Å²) in [6.45, 7) is 9.46. The predicted octanol–water partition coefficient (Wildman–Crippen LogP) is 4.88. The van der Waals surface area contributed by atoms with Gasteiger partial charge in [-0.3, -0.25) is 0 Å². The van der Waals surface area contributed by atoms with Crippen LogP contribution in [0.4, 0.5) is 5.95 Å². The summed E-state index contributed by atoms with van der Waals surface area (Å²) in [7, 11) is 0. The van der Waals surface area contributed by atoms with E-state index in [4.69, 9.17) is 0 Å². The van der Waals surface area contributed by atoms with Crippen molar-refractivity contribution in [3.8, 4) is 0 Å². The normalized spacial score (nSPS) is 10.9. The molecule has 0 fully saturated rings. The summed E-state index contributed by atoms with van der Waals surface area (Å²) in [4.78, 5) is 10.2. The van der Waals surface area contributed by atoms with Crippen molar-refractivity contribution in [2.45, 2.75) is 50.0 Å². The van der Waals surface area contributed by atoms with Crippen LogP contribution >= 0.6 is 11.8 Å². The van der Waals surface area contributed by atoms with Crippen molar-refractivity contribution in [3.05, 3.63) is 41.6 Å². The quantitative estimate of drug-likeness (QED) is 0.772. The lowest BCUT2D eigenvalue weighted by Crippen LogP contribution is -2.05. The summed E-state index contributed by atoms with van der Waals surface area (Å²) in [6.07, 6.45) is 1.07. The predicted molar refractivity (Wildman–Crippen MR) is 90.2 cm³/mol. The number of hydrogen-bond acceptors (Lipinski definition) is 4. The van der Waals surface area contributed by atoms with E-state index in [9.17, 15) is 0 Å². The molecule has 0 bridgehead atoms. The SMILES string of the molecule is CCCNc1nc(C)cc(Sc2ccc(C(C)C)cc2)n1. The Morgan fingerprint density at radius 2 is 1.86 bits per heavy atom. The average molecular weight is 301 g/mol. The Morgan fingerprint density at radius 3 is 2.48 bits per heavy atom. The number of nitrogens with one attached hydrogen (secondary N) is 1. The van der Waals surface area contributed by atoms with Gasteiger partial charge in [-0.05, 0) is 43.0 Å². The van der Waals surface area contributed by atoms with Crippen LogP contribution in [0, 0.1) is 6.92 Å². The van der Waals surface area contributed by atoms with Crippen molar-refractivity contribution < 1.29 is 0 Å². The molecule has 1 heterocycles. The Labute approximate surface area is 131 Å². The highest BCUT2D eigenvalue weighted by molar-refractivity contribution is 7.99. The van der Waals surface area contributed by atoms with Crippen molar-refractivity contribution in [1.82, 2.24) is 9.97 Å². The fourth-order valence-corrected chi connectivity index (χ4v) is 2.82. The highest BCUT2D eigenvalue weighted by atomic mass is 32.2. The molecule has 2 aromatic rings. The molecule has 112 valence electrons. The Hall–Kier alpha value is -1.55. The fourth-order valence-electron chi connectivity index (χ4n) is 1.95. The molecule has 2 rings (SSSR count). The smallest absolute Gasteiger partial charge is 0.223 e. The number of aromatic nitrogens is 2. The molecule has 0 aliphatic heterocycles. The molecule has 0 amide bonds. The minimum atomic E-state index is 0.565. The Kier molecular flexibility index (Phi) is 5.62. The van der Waals surface area contributed by atoms with E-state index in [1.165, 1.54) is 10.5 Å². The van der Waals surface area contributed by atoms with Gasteiger partial charge in [-0.15, -0.1) is 0 Å². The van der Waals surface area contributed by atoms with E-state index in [1.807, 2.05) is 13.0 Å². The number of anilines is 1. The summed E-state index contributed by atoms with van der Waals surface area (Å²) in [5.41, 5.74) is 2.36. The molecule has 1 N–H and O–H groups in total. The van der Waals surface area contributed by atoms with Crippen molar-refractivity contribution >= 4 is 17.7 Å². The minimum Gasteiger partial charge on any atom is -0.354 e. The van der Waals surface area contributed by atoms with Gasteiger partial charge in [0.15, 0.2) is 0 Å². The van der Waals surface area contributed by atoms with E-state index >= 15 is 0 Å². The number of nitrogens with zero attached hydrogens (tertiary/aromatic N) is 2. The average Bonchev–Trinajstić information content (AvgIpc) is 2.45. The second-order valence-electron chi connectivity index (χ2n) is 5.42. The van der Waals surface area contributed by atoms with E-state index in [2.05, 4.69) is 60.3 Å². The van der Waals surface area contributed by atoms with Gasteiger partial charge in [0.25, 0.3) is 0 Å². The first kappa shape index (κ1) is 15.8. The molecule has 4 heteroatoms. The van der Waals surface area contributed by atoms with Crippen molar-refractivity contribution in [3.63, 3.8) is 0 Å². The first-order valence-corrected chi connectivity index (χ1v) is 8.27. The third-order valence-corrected chi connectivity index (χ3v) is 4.06. The number of rotatable bonds is 6. The molecule has 1 aromatic heterocycles. The van der Waals surface area contributed by atoms with E-state index in [1.54, 1.807) is 11.8 Å². The van der Waals surface area contributed by atoms with Gasteiger partial charge in [-0.1, -0.05) is 44.7 Å². The lowest BCUT2D eigenvalue weighted by atomic mass is 10.0. The lowest BCUT2D eigenvalue weighted by Gasteiger charge is -2.08. The van der Waals surface area contributed by atoms with Gasteiger partial charge in [0.2, 0.25) is 5.95 Å². The van der Waals surface area contributed by atoms with Crippen LogP contribution < -0.4 is 5.32 Å². The molecular formula is C17H23N3S. The molecule has 0 aliphatic carbocycles. The maximum atomic E-state index is 4.56. The largest absolute Gasteiger partial charge is 0.354 e. The fraction of sp³-hybridized carbons (Fsp3) is 0.412. The summed E-state index contributed by atoms with van der Waals surface area (Å²) >= 11 is 1.68. The third-order valence-electron chi connectivity index (χ3n) is 3.13. The van der Waals surface area contributed by atoms with Crippen LogP contribution in [-0.2, 0) is 0 Å². The van der Waals surface area contributed by atoms with E-state index in [0.29, 0.717) is 5.92 Å². The molecule has 1 aromatic carbocycles. The molecule has 3 nitrogen and oxygen atoms in total. The van der Waals surface area contributed by atoms with Gasteiger partial charge < -0.3 is 5.32 Å². The zero-order valence-electron chi connectivity index (χ0n) is 13.2. The zero-order valence-corrected chi connectivity index (χ0v) is 14.0. The van der Waals surface area contributed by atoms with Gasteiger partial charge in [0.1, 0.15) is 5.03 Å². The molecule has 0 saturated heterocycles. The molecule has 0 aliphatic rings. The van der Waals surface area contributed by atoms with Crippen molar-refractivity contribution in [1.29, 1.82) is 0 Å². The molecule has 21 heavy (non-hydrogen) atoms. The van der Waals surface area contributed by atoms with Crippen LogP contribution in [-0.4, -0.2) is 16.5 Å². The number of hydrogen-bond donors (Lipinski definition) is 1. The highest BCUT2D eigenvalue weighted by Gasteiger charge is 2.05. The van der Waals surface area contributed by atoms with Crippen molar-refractivity contribution in [2.24, 2.45) is 0 Å². The van der Waals surface area contributed by atoms with Gasteiger partial charge in [0, 0.05) is 17.1 Å². The summed E-state index contributed by atoms with van der Waals surface area (Å²) in [5.74, 6) is 1.29. The van der Waals surface area contributed by atoms with Crippen LogP contribution in [0.25, 0.3) is 0 Å². The Morgan fingerprint density at radius 1 is 1.14 bits per heavy atom. The van der Waals surface area contributed by atoms with Crippen molar-refractivity contribution in [2.75, 3.05) is 11.9 Å². The van der Waals surface area contributed by atoms with Crippen LogP contribution in [0.3, 0.4) is 0 Å². The number of aryl methyl sites for hydroxylation is 1. The first-order chi connectivity index (χ1) is 10.1. The van der Waals surface area contributed by atoms with E-state index < -0.39 is 0 Å². The maximum absolute atomic E-state index is 4.56. The molecular weight excluding hydrogens is 278 g/mol. The third kappa shape index (κ3) is 4.74. The molecule has 0 saturated carbocycles. The molecule has 0 radical (unpaired) electrons. The van der Waals surface area contributed by atoms with Crippen LogP contribution in [0.5, 0.6) is 0 Å². The molecule has 0 unspecified atom stereocenters. The zero-order chi connectivity index (χ0) is 15.2. The first-order valence-electron chi connectivity index (χ1n) is 7.46. The van der Waals surface area contributed by atoms with E-state index in [0.717, 1.165) is 29.6 Å². The van der Waals surface area contributed by atoms with E-state index in [-0.39, 0.29) is 0 Å². The van der Waals surface area contributed by atoms with Gasteiger partial charge in [-0.25, -0.2) is 9.97 Å². The van der Waals surface area contributed by atoms with Crippen LogP contribution in [0.15, 0.2) is 40.3 Å². The Bertz CT molecular complexity index is 579. The Balaban J connectivity index is 2.12. The summed E-state index contributed by atoms with van der Waals surface area (Å²) < 4.78 is 0. The molecule has 0 spiro atoms. The summed E-state index contributed by atoms with van der Waals surface area (Å²) in [5, 5.41) is 4.23. The standard InChI is InChI=1S/C17H23N3S/c1-5-10-18-17-19-13(4)11-16(20-17)21-15-8-6-14(7-9-15)12(2)3/h6-9,11-12H,5,10H2,1-4H3,(H,18,19,20). The van der Waals surface area contributed by atoms with Crippen LogP contribution in [0.1, 0.15) is 44.4 Å². The summed E-state index contributed by atoms with van der Waals surface area (Å²) in [6, 6.07) is 10.7. The lowest BCUT2D eigenvalue weighted by molar-refractivity contribution is 0.865. The topological polar surface area (TPSA) is 37.8 Å².